The number of fused-ring (bicyclic) bond motifs is 1. The Kier molecular flexibility index (Phi) is 5.43. The highest BCUT2D eigenvalue weighted by Crippen LogP contribution is 2.32. The van der Waals surface area contributed by atoms with E-state index >= 15 is 0 Å². The van der Waals surface area contributed by atoms with Crippen molar-refractivity contribution in [2.24, 2.45) is 0 Å². The van der Waals surface area contributed by atoms with E-state index in [1.54, 1.807) is 18.2 Å². The summed E-state index contributed by atoms with van der Waals surface area (Å²) in [5.74, 6) is 2.07. The molecule has 0 bridgehead atoms. The van der Waals surface area contributed by atoms with Gasteiger partial charge in [-0.25, -0.2) is 4.79 Å². The molecule has 0 radical (unpaired) electrons. The molecule has 6 nitrogen and oxygen atoms in total. The average molecular weight is 393 g/mol. The number of hydrogen-bond acceptors (Lipinski definition) is 4. The maximum Gasteiger partial charge on any atom is 0.319 e. The first kappa shape index (κ1) is 16.4. The molecule has 2 aromatic carbocycles. The Morgan fingerprint density at radius 3 is 2.79 bits per heavy atom. The zero-order valence-corrected chi connectivity index (χ0v) is 14.5. The lowest BCUT2D eigenvalue weighted by Crippen LogP contribution is -2.32. The van der Waals surface area contributed by atoms with Crippen LogP contribution in [-0.2, 0) is 0 Å². The molecule has 24 heavy (non-hydrogen) atoms. The molecule has 0 atom stereocenters. The fourth-order valence-electron chi connectivity index (χ4n) is 2.19. The third-order valence-corrected chi connectivity index (χ3v) is 3.75. The maximum absolute atomic E-state index is 11.9. The number of carbonyl (C=O) groups is 1. The molecule has 0 fully saturated rings. The third-order valence-electron chi connectivity index (χ3n) is 3.25. The van der Waals surface area contributed by atoms with Gasteiger partial charge in [-0.15, -0.1) is 0 Å². The molecule has 0 saturated carbocycles. The lowest BCUT2D eigenvalue weighted by atomic mass is 10.2. The first-order valence-electron chi connectivity index (χ1n) is 7.53. The summed E-state index contributed by atoms with van der Waals surface area (Å²) in [7, 11) is 0. The second kappa shape index (κ2) is 7.92. The molecule has 1 heterocycles. The highest BCUT2D eigenvalue weighted by atomic mass is 79.9. The molecule has 0 aliphatic carbocycles. The molecule has 126 valence electrons. The normalized spacial score (nSPS) is 12.4. The van der Waals surface area contributed by atoms with Crippen molar-refractivity contribution in [2.75, 3.05) is 31.7 Å². The van der Waals surface area contributed by atoms with Gasteiger partial charge < -0.3 is 24.8 Å². The molecule has 7 heteroatoms. The molecule has 0 saturated heterocycles. The molecule has 1 aliphatic heterocycles. The van der Waals surface area contributed by atoms with Crippen molar-refractivity contribution in [1.82, 2.24) is 5.32 Å². The van der Waals surface area contributed by atoms with Gasteiger partial charge in [0.05, 0.1) is 6.54 Å². The molecular formula is C17H17BrN2O4. The van der Waals surface area contributed by atoms with Gasteiger partial charge in [-0.2, -0.15) is 0 Å². The first-order valence-corrected chi connectivity index (χ1v) is 8.33. The van der Waals surface area contributed by atoms with Crippen LogP contribution in [0.25, 0.3) is 0 Å². The summed E-state index contributed by atoms with van der Waals surface area (Å²) in [6, 6.07) is 12.5. The van der Waals surface area contributed by atoms with E-state index in [9.17, 15) is 4.79 Å². The van der Waals surface area contributed by atoms with Gasteiger partial charge in [0.2, 0.25) is 0 Å². The predicted octanol–water partition coefficient (Wildman–Crippen LogP) is 3.42. The number of hydrogen-bond donors (Lipinski definition) is 2. The van der Waals surface area contributed by atoms with E-state index in [0.717, 1.165) is 10.2 Å². The maximum atomic E-state index is 11.9. The summed E-state index contributed by atoms with van der Waals surface area (Å²) < 4.78 is 17.4. The van der Waals surface area contributed by atoms with Crippen LogP contribution < -0.4 is 24.8 Å². The van der Waals surface area contributed by atoms with E-state index in [1.807, 2.05) is 24.3 Å². The standard InChI is InChI=1S/C17H17BrN2O4/c18-12-2-1-3-14(10-12)22-7-6-19-17(21)20-13-4-5-15-16(11-13)24-9-8-23-15/h1-5,10-11H,6-9H2,(H2,19,20,21). The van der Waals surface area contributed by atoms with Crippen LogP contribution in [0.4, 0.5) is 10.5 Å². The average Bonchev–Trinajstić information content (AvgIpc) is 2.59. The lowest BCUT2D eigenvalue weighted by molar-refractivity contribution is 0.171. The fourth-order valence-corrected chi connectivity index (χ4v) is 2.56. The molecule has 2 amide bonds. The number of halogens is 1. The van der Waals surface area contributed by atoms with Crippen molar-refractivity contribution >= 4 is 27.6 Å². The molecule has 2 aromatic rings. The van der Waals surface area contributed by atoms with Crippen molar-refractivity contribution in [1.29, 1.82) is 0 Å². The van der Waals surface area contributed by atoms with Crippen molar-refractivity contribution in [2.45, 2.75) is 0 Å². The van der Waals surface area contributed by atoms with E-state index < -0.39 is 0 Å². The van der Waals surface area contributed by atoms with Gasteiger partial charge in [0.1, 0.15) is 25.6 Å². The van der Waals surface area contributed by atoms with Gasteiger partial charge in [-0.1, -0.05) is 22.0 Å². The number of amides is 2. The number of anilines is 1. The number of ether oxygens (including phenoxy) is 3. The number of nitrogens with one attached hydrogen (secondary N) is 2. The minimum Gasteiger partial charge on any atom is -0.492 e. The van der Waals surface area contributed by atoms with Gasteiger partial charge in [-0.3, -0.25) is 0 Å². The SMILES string of the molecule is O=C(NCCOc1cccc(Br)c1)Nc1ccc2c(c1)OCCO2. The van der Waals surface area contributed by atoms with Crippen LogP contribution in [0.1, 0.15) is 0 Å². The summed E-state index contributed by atoms with van der Waals surface area (Å²) in [6.45, 7) is 1.82. The number of urea groups is 1. The van der Waals surface area contributed by atoms with E-state index in [1.165, 1.54) is 0 Å². The number of carbonyl (C=O) groups excluding carboxylic acids is 1. The smallest absolute Gasteiger partial charge is 0.319 e. The molecule has 0 spiro atoms. The van der Waals surface area contributed by atoms with E-state index in [0.29, 0.717) is 43.6 Å². The van der Waals surface area contributed by atoms with E-state index in [2.05, 4.69) is 26.6 Å². The summed E-state index contributed by atoms with van der Waals surface area (Å²) in [6.07, 6.45) is 0. The summed E-state index contributed by atoms with van der Waals surface area (Å²) >= 11 is 3.38. The first-order chi connectivity index (χ1) is 11.7. The van der Waals surface area contributed by atoms with Crippen LogP contribution in [0.15, 0.2) is 46.9 Å². The topological polar surface area (TPSA) is 68.8 Å². The quantitative estimate of drug-likeness (QED) is 0.764. The monoisotopic (exact) mass is 392 g/mol. The second-order valence-electron chi connectivity index (χ2n) is 5.05. The van der Waals surface area contributed by atoms with Crippen molar-refractivity contribution in [3.63, 3.8) is 0 Å². The number of rotatable bonds is 5. The van der Waals surface area contributed by atoms with Gasteiger partial charge in [0.15, 0.2) is 11.5 Å². The predicted molar refractivity (Wildman–Crippen MR) is 94.1 cm³/mol. The van der Waals surface area contributed by atoms with E-state index in [4.69, 9.17) is 14.2 Å². The summed E-state index contributed by atoms with van der Waals surface area (Å²) in [5, 5.41) is 5.49. The Morgan fingerprint density at radius 2 is 1.96 bits per heavy atom. The Labute approximate surface area is 148 Å². The Morgan fingerprint density at radius 1 is 1.12 bits per heavy atom. The van der Waals surface area contributed by atoms with Crippen molar-refractivity contribution in [3.05, 3.63) is 46.9 Å². The van der Waals surface area contributed by atoms with Crippen LogP contribution in [0.2, 0.25) is 0 Å². The van der Waals surface area contributed by atoms with Gasteiger partial charge >= 0.3 is 6.03 Å². The minimum absolute atomic E-state index is 0.301. The van der Waals surface area contributed by atoms with Gasteiger partial charge in [-0.05, 0) is 30.3 Å². The van der Waals surface area contributed by atoms with Crippen LogP contribution in [0.5, 0.6) is 17.2 Å². The lowest BCUT2D eigenvalue weighted by Gasteiger charge is -2.19. The van der Waals surface area contributed by atoms with Crippen LogP contribution >= 0.6 is 15.9 Å². The second-order valence-corrected chi connectivity index (χ2v) is 5.96. The van der Waals surface area contributed by atoms with Crippen molar-refractivity contribution in [3.8, 4) is 17.2 Å². The minimum atomic E-state index is -0.301. The van der Waals surface area contributed by atoms with Gasteiger partial charge in [0.25, 0.3) is 0 Å². The zero-order chi connectivity index (χ0) is 16.8. The highest BCUT2D eigenvalue weighted by molar-refractivity contribution is 9.10. The van der Waals surface area contributed by atoms with Crippen LogP contribution in [0, 0.1) is 0 Å². The van der Waals surface area contributed by atoms with Crippen molar-refractivity contribution < 1.29 is 19.0 Å². The molecule has 1 aliphatic rings. The molecule has 0 aromatic heterocycles. The summed E-state index contributed by atoms with van der Waals surface area (Å²) in [4.78, 5) is 11.9. The summed E-state index contributed by atoms with van der Waals surface area (Å²) in [5.41, 5.74) is 0.643. The Balaban J connectivity index is 1.42. The molecule has 2 N–H and O–H groups in total. The number of benzene rings is 2. The van der Waals surface area contributed by atoms with E-state index in [-0.39, 0.29) is 6.03 Å². The highest BCUT2D eigenvalue weighted by Gasteiger charge is 2.12. The van der Waals surface area contributed by atoms with Gasteiger partial charge in [0, 0.05) is 16.2 Å². The largest absolute Gasteiger partial charge is 0.492 e. The Hall–Kier alpha value is -2.41. The third kappa shape index (κ3) is 4.55. The van der Waals surface area contributed by atoms with Crippen LogP contribution in [0.3, 0.4) is 0 Å². The Bertz CT molecular complexity index is 723. The fraction of sp³-hybridized carbons (Fsp3) is 0.235. The molecule has 3 rings (SSSR count). The molecular weight excluding hydrogens is 376 g/mol. The zero-order valence-electron chi connectivity index (χ0n) is 12.9. The van der Waals surface area contributed by atoms with Crippen LogP contribution in [-0.4, -0.2) is 32.4 Å². The molecule has 0 unspecified atom stereocenters.